The van der Waals surface area contributed by atoms with Gasteiger partial charge in [-0.05, 0) is 6.92 Å². The summed E-state index contributed by atoms with van der Waals surface area (Å²) < 4.78 is 0. The van der Waals surface area contributed by atoms with Crippen molar-refractivity contribution in [1.82, 2.24) is 10.2 Å². The quantitative estimate of drug-likeness (QED) is 0.593. The SMILES string of the molecule is C=C(C(=O)NCC(C)=O)N(C)C. The minimum Gasteiger partial charge on any atom is -0.374 e. The predicted octanol–water partition coefficient (Wildman–Crippen LogP) is -0.233. The summed E-state index contributed by atoms with van der Waals surface area (Å²) in [5.74, 6) is -0.384. The molecule has 0 atom stereocenters. The summed E-state index contributed by atoms with van der Waals surface area (Å²) in [6.07, 6.45) is 0. The van der Waals surface area contributed by atoms with E-state index in [1.54, 1.807) is 19.0 Å². The number of hydrogen-bond acceptors (Lipinski definition) is 3. The van der Waals surface area contributed by atoms with E-state index in [9.17, 15) is 9.59 Å². The van der Waals surface area contributed by atoms with Gasteiger partial charge in [-0.15, -0.1) is 0 Å². The molecule has 0 aromatic carbocycles. The van der Waals surface area contributed by atoms with E-state index >= 15 is 0 Å². The average Bonchev–Trinajstić information content (AvgIpc) is 1.98. The van der Waals surface area contributed by atoms with Gasteiger partial charge in [0.05, 0.1) is 12.2 Å². The minimum absolute atomic E-state index is 0.0612. The molecule has 0 aliphatic heterocycles. The van der Waals surface area contributed by atoms with Crippen molar-refractivity contribution in [3.63, 3.8) is 0 Å². The van der Waals surface area contributed by atoms with Gasteiger partial charge in [0.2, 0.25) is 0 Å². The molecule has 1 amide bonds. The zero-order valence-electron chi connectivity index (χ0n) is 7.68. The van der Waals surface area contributed by atoms with Gasteiger partial charge in [-0.1, -0.05) is 6.58 Å². The van der Waals surface area contributed by atoms with Gasteiger partial charge in [0.25, 0.3) is 5.91 Å². The molecule has 0 aromatic heterocycles. The molecule has 0 aromatic rings. The van der Waals surface area contributed by atoms with Crippen LogP contribution in [0.25, 0.3) is 0 Å². The number of amides is 1. The number of carbonyl (C=O) groups excluding carboxylic acids is 2. The fourth-order valence-electron chi connectivity index (χ4n) is 0.510. The third-order valence-electron chi connectivity index (χ3n) is 1.30. The van der Waals surface area contributed by atoms with Crippen LogP contribution in [0, 0.1) is 0 Å². The van der Waals surface area contributed by atoms with Gasteiger partial charge in [0.1, 0.15) is 5.78 Å². The fourth-order valence-corrected chi connectivity index (χ4v) is 0.510. The number of Topliss-reactive ketones (excluding diaryl/α,β-unsaturated/α-hetero) is 1. The Hall–Kier alpha value is -1.32. The monoisotopic (exact) mass is 170 g/mol. The predicted molar refractivity (Wildman–Crippen MR) is 46.5 cm³/mol. The Labute approximate surface area is 72.2 Å². The van der Waals surface area contributed by atoms with Gasteiger partial charge in [0, 0.05) is 14.1 Å². The molecule has 68 valence electrons. The first-order chi connectivity index (χ1) is 5.45. The zero-order valence-corrected chi connectivity index (χ0v) is 7.68. The number of carbonyl (C=O) groups is 2. The van der Waals surface area contributed by atoms with E-state index in [0.29, 0.717) is 5.70 Å². The summed E-state index contributed by atoms with van der Waals surface area (Å²) in [6, 6.07) is 0. The largest absolute Gasteiger partial charge is 0.374 e. The van der Waals surface area contributed by atoms with Crippen LogP contribution in [0.4, 0.5) is 0 Å². The Balaban J connectivity index is 3.89. The first-order valence-electron chi connectivity index (χ1n) is 3.59. The molecule has 4 heteroatoms. The Morgan fingerprint density at radius 3 is 2.25 bits per heavy atom. The van der Waals surface area contributed by atoms with E-state index in [-0.39, 0.29) is 18.2 Å². The van der Waals surface area contributed by atoms with Crippen molar-refractivity contribution in [2.45, 2.75) is 6.92 Å². The molecule has 0 bridgehead atoms. The average molecular weight is 170 g/mol. The molecule has 12 heavy (non-hydrogen) atoms. The highest BCUT2D eigenvalue weighted by Gasteiger charge is 2.07. The summed E-state index contributed by atoms with van der Waals surface area (Å²) in [5, 5.41) is 2.43. The highest BCUT2D eigenvalue weighted by molar-refractivity contribution is 5.94. The molecule has 0 saturated carbocycles. The molecule has 0 aliphatic rings. The first-order valence-corrected chi connectivity index (χ1v) is 3.59. The minimum atomic E-state index is -0.310. The van der Waals surface area contributed by atoms with Gasteiger partial charge in [0.15, 0.2) is 0 Å². The second-order valence-electron chi connectivity index (χ2n) is 2.73. The van der Waals surface area contributed by atoms with Gasteiger partial charge in [-0.25, -0.2) is 0 Å². The van der Waals surface area contributed by atoms with Crippen LogP contribution in [0.1, 0.15) is 6.92 Å². The molecule has 0 heterocycles. The molecule has 4 nitrogen and oxygen atoms in total. The lowest BCUT2D eigenvalue weighted by molar-refractivity contribution is -0.122. The van der Waals surface area contributed by atoms with E-state index in [2.05, 4.69) is 11.9 Å². The van der Waals surface area contributed by atoms with Crippen LogP contribution in [-0.2, 0) is 9.59 Å². The molecule has 0 fully saturated rings. The topological polar surface area (TPSA) is 49.4 Å². The van der Waals surface area contributed by atoms with E-state index in [1.165, 1.54) is 6.92 Å². The highest BCUT2D eigenvalue weighted by atomic mass is 16.2. The number of rotatable bonds is 4. The number of ketones is 1. The Bertz CT molecular complexity index is 209. The molecule has 0 aliphatic carbocycles. The second kappa shape index (κ2) is 4.54. The number of likely N-dealkylation sites (N-methyl/N-ethyl adjacent to an activating group) is 1. The van der Waals surface area contributed by atoms with Crippen molar-refractivity contribution in [2.24, 2.45) is 0 Å². The summed E-state index contributed by atoms with van der Waals surface area (Å²) in [4.78, 5) is 23.2. The Kier molecular flexibility index (Phi) is 4.04. The molecular formula is C8H14N2O2. The highest BCUT2D eigenvalue weighted by Crippen LogP contribution is 1.92. The Morgan fingerprint density at radius 1 is 1.42 bits per heavy atom. The summed E-state index contributed by atoms with van der Waals surface area (Å²) >= 11 is 0. The number of hydrogen-bond donors (Lipinski definition) is 1. The molecule has 0 unspecified atom stereocenters. The van der Waals surface area contributed by atoms with E-state index in [0.717, 1.165) is 0 Å². The van der Waals surface area contributed by atoms with Crippen LogP contribution in [0.2, 0.25) is 0 Å². The van der Waals surface area contributed by atoms with Crippen LogP contribution in [-0.4, -0.2) is 37.2 Å². The van der Waals surface area contributed by atoms with Gasteiger partial charge in [-0.3, -0.25) is 9.59 Å². The normalized spacial score (nSPS) is 8.92. The van der Waals surface area contributed by atoms with Crippen LogP contribution < -0.4 is 5.32 Å². The van der Waals surface area contributed by atoms with Crippen LogP contribution in [0.15, 0.2) is 12.3 Å². The second-order valence-corrected chi connectivity index (χ2v) is 2.73. The summed E-state index contributed by atoms with van der Waals surface area (Å²) in [5.41, 5.74) is 0.344. The van der Waals surface area contributed by atoms with Crippen molar-refractivity contribution in [2.75, 3.05) is 20.6 Å². The lowest BCUT2D eigenvalue weighted by Gasteiger charge is -2.14. The van der Waals surface area contributed by atoms with Crippen molar-refractivity contribution < 1.29 is 9.59 Å². The lowest BCUT2D eigenvalue weighted by Crippen LogP contribution is -2.33. The molecule has 0 spiro atoms. The molecule has 1 N–H and O–H groups in total. The fraction of sp³-hybridized carbons (Fsp3) is 0.500. The van der Waals surface area contributed by atoms with Crippen LogP contribution >= 0.6 is 0 Å². The van der Waals surface area contributed by atoms with E-state index in [4.69, 9.17) is 0 Å². The van der Waals surface area contributed by atoms with Crippen molar-refractivity contribution in [3.05, 3.63) is 12.3 Å². The van der Waals surface area contributed by atoms with Crippen LogP contribution in [0.3, 0.4) is 0 Å². The summed E-state index contributed by atoms with van der Waals surface area (Å²) in [7, 11) is 3.44. The summed E-state index contributed by atoms with van der Waals surface area (Å²) in [6.45, 7) is 5.01. The van der Waals surface area contributed by atoms with Crippen molar-refractivity contribution in [1.29, 1.82) is 0 Å². The van der Waals surface area contributed by atoms with Gasteiger partial charge < -0.3 is 10.2 Å². The maximum Gasteiger partial charge on any atom is 0.267 e. The van der Waals surface area contributed by atoms with Gasteiger partial charge in [-0.2, -0.15) is 0 Å². The smallest absolute Gasteiger partial charge is 0.267 e. The standard InChI is InChI=1S/C8H14N2O2/c1-6(11)5-9-8(12)7(2)10(3)4/h2,5H2,1,3-4H3,(H,9,12). The Morgan fingerprint density at radius 2 is 1.92 bits per heavy atom. The lowest BCUT2D eigenvalue weighted by atomic mass is 10.4. The van der Waals surface area contributed by atoms with Crippen molar-refractivity contribution >= 4 is 11.7 Å². The van der Waals surface area contributed by atoms with Gasteiger partial charge >= 0.3 is 0 Å². The van der Waals surface area contributed by atoms with E-state index < -0.39 is 0 Å². The van der Waals surface area contributed by atoms with Crippen molar-refractivity contribution in [3.8, 4) is 0 Å². The molecule has 0 saturated heterocycles. The first kappa shape index (κ1) is 10.7. The maximum atomic E-state index is 11.1. The molecular weight excluding hydrogens is 156 g/mol. The number of nitrogens with one attached hydrogen (secondary N) is 1. The maximum absolute atomic E-state index is 11.1. The third-order valence-corrected chi connectivity index (χ3v) is 1.30. The van der Waals surface area contributed by atoms with E-state index in [1.807, 2.05) is 0 Å². The molecule has 0 rings (SSSR count). The third kappa shape index (κ3) is 3.75. The zero-order chi connectivity index (χ0) is 9.72. The van der Waals surface area contributed by atoms with Crippen LogP contribution in [0.5, 0.6) is 0 Å². The molecule has 0 radical (unpaired) electrons. The number of nitrogens with zero attached hydrogens (tertiary/aromatic N) is 1.